The lowest BCUT2D eigenvalue weighted by Gasteiger charge is -2.29. The number of carbonyl (C=O) groups excluding carboxylic acids is 1. The SMILES string of the molecule is CCOc1ccccc1NC(=O)C1=C(C)Nc2nc(SCc3ccccc3)nn2C1c1ccc(OCc2c(Cl)cccc2Cl)cc1. The van der Waals surface area contributed by atoms with Crippen molar-refractivity contribution in [2.24, 2.45) is 0 Å². The number of thioether (sulfide) groups is 1. The van der Waals surface area contributed by atoms with Gasteiger partial charge < -0.3 is 20.1 Å². The van der Waals surface area contributed by atoms with E-state index in [1.165, 1.54) is 17.3 Å². The number of halogens is 2. The van der Waals surface area contributed by atoms with Crippen LogP contribution in [-0.4, -0.2) is 27.3 Å². The maximum atomic E-state index is 14.1. The summed E-state index contributed by atoms with van der Waals surface area (Å²) in [6.07, 6.45) is 0. The van der Waals surface area contributed by atoms with Crippen LogP contribution in [0.5, 0.6) is 11.5 Å². The highest BCUT2D eigenvalue weighted by molar-refractivity contribution is 7.98. The van der Waals surface area contributed by atoms with Crippen LogP contribution in [0.4, 0.5) is 11.6 Å². The van der Waals surface area contributed by atoms with E-state index in [0.29, 0.717) is 67.5 Å². The Morgan fingerprint density at radius 3 is 2.39 bits per heavy atom. The average Bonchev–Trinajstić information content (AvgIpc) is 3.47. The van der Waals surface area contributed by atoms with Crippen LogP contribution in [-0.2, 0) is 17.2 Å². The number of hydrogen-bond donors (Lipinski definition) is 2. The van der Waals surface area contributed by atoms with E-state index < -0.39 is 6.04 Å². The normalized spacial score (nSPS) is 14.0. The molecule has 2 N–H and O–H groups in total. The summed E-state index contributed by atoms with van der Waals surface area (Å²) >= 11 is 14.2. The van der Waals surface area contributed by atoms with Gasteiger partial charge in [0.25, 0.3) is 5.91 Å². The molecule has 0 fully saturated rings. The highest BCUT2D eigenvalue weighted by Gasteiger charge is 2.34. The Morgan fingerprint density at radius 1 is 0.935 bits per heavy atom. The van der Waals surface area contributed by atoms with E-state index in [4.69, 9.17) is 42.8 Å². The van der Waals surface area contributed by atoms with Gasteiger partial charge >= 0.3 is 0 Å². The van der Waals surface area contributed by atoms with Gasteiger partial charge in [0.05, 0.1) is 17.9 Å². The molecular formula is C35H31Cl2N5O3S. The Bertz CT molecular complexity index is 1860. The number of para-hydroxylation sites is 2. The number of anilines is 2. The van der Waals surface area contributed by atoms with Crippen molar-refractivity contribution >= 4 is 52.5 Å². The highest BCUT2D eigenvalue weighted by atomic mass is 35.5. The first kappa shape index (κ1) is 31.5. The van der Waals surface area contributed by atoms with Crippen LogP contribution in [0.2, 0.25) is 10.0 Å². The van der Waals surface area contributed by atoms with Gasteiger partial charge in [-0.3, -0.25) is 4.79 Å². The fourth-order valence-electron chi connectivity index (χ4n) is 5.13. The van der Waals surface area contributed by atoms with E-state index in [0.717, 1.165) is 5.56 Å². The van der Waals surface area contributed by atoms with E-state index in [2.05, 4.69) is 22.8 Å². The third-order valence-electron chi connectivity index (χ3n) is 7.36. The first-order valence-corrected chi connectivity index (χ1v) is 16.4. The molecule has 1 atom stereocenters. The first-order valence-electron chi connectivity index (χ1n) is 14.7. The van der Waals surface area contributed by atoms with Crippen molar-refractivity contribution in [1.29, 1.82) is 0 Å². The van der Waals surface area contributed by atoms with E-state index in [1.807, 2.05) is 80.6 Å². The molecule has 0 radical (unpaired) electrons. The van der Waals surface area contributed by atoms with Crippen LogP contribution in [0.1, 0.15) is 36.6 Å². The van der Waals surface area contributed by atoms with Crippen LogP contribution in [0.25, 0.3) is 0 Å². The zero-order valence-corrected chi connectivity index (χ0v) is 27.5. The number of benzene rings is 4. The molecule has 6 rings (SSSR count). The molecule has 0 bridgehead atoms. The topological polar surface area (TPSA) is 90.3 Å². The summed E-state index contributed by atoms with van der Waals surface area (Å²) in [7, 11) is 0. The molecule has 1 aliphatic heterocycles. The molecule has 0 saturated carbocycles. The Morgan fingerprint density at radius 2 is 1.65 bits per heavy atom. The highest BCUT2D eigenvalue weighted by Crippen LogP contribution is 2.38. The first-order chi connectivity index (χ1) is 22.4. The lowest BCUT2D eigenvalue weighted by atomic mass is 9.95. The van der Waals surface area contributed by atoms with E-state index >= 15 is 0 Å². The molecule has 234 valence electrons. The Hall–Kier alpha value is -4.44. The van der Waals surface area contributed by atoms with E-state index in [-0.39, 0.29) is 12.5 Å². The predicted octanol–water partition coefficient (Wildman–Crippen LogP) is 8.78. The maximum Gasteiger partial charge on any atom is 0.255 e. The van der Waals surface area contributed by atoms with E-state index in [9.17, 15) is 4.79 Å². The van der Waals surface area contributed by atoms with E-state index in [1.54, 1.807) is 22.9 Å². The molecule has 1 amide bonds. The number of aromatic nitrogens is 3. The maximum absolute atomic E-state index is 14.1. The molecule has 2 heterocycles. The number of amides is 1. The van der Waals surface area contributed by atoms with Crippen molar-refractivity contribution in [2.75, 3.05) is 17.2 Å². The van der Waals surface area contributed by atoms with Crippen LogP contribution in [0.3, 0.4) is 0 Å². The van der Waals surface area contributed by atoms with Gasteiger partial charge in [-0.05, 0) is 61.4 Å². The third-order valence-corrected chi connectivity index (χ3v) is 8.98. The van der Waals surface area contributed by atoms with Gasteiger partial charge in [0, 0.05) is 27.1 Å². The number of allylic oxidation sites excluding steroid dienone is 1. The second-order valence-electron chi connectivity index (χ2n) is 10.4. The van der Waals surface area contributed by atoms with Crippen molar-refractivity contribution < 1.29 is 14.3 Å². The van der Waals surface area contributed by atoms with Crippen molar-refractivity contribution in [1.82, 2.24) is 14.8 Å². The van der Waals surface area contributed by atoms with Gasteiger partial charge in [0.2, 0.25) is 11.1 Å². The Balaban J connectivity index is 1.31. The molecule has 46 heavy (non-hydrogen) atoms. The van der Waals surface area contributed by atoms with Crippen molar-refractivity contribution in [3.8, 4) is 11.5 Å². The fourth-order valence-corrected chi connectivity index (χ4v) is 6.42. The number of carbonyl (C=O) groups is 1. The molecule has 11 heteroatoms. The smallest absolute Gasteiger partial charge is 0.255 e. The predicted molar refractivity (Wildman–Crippen MR) is 184 cm³/mol. The zero-order chi connectivity index (χ0) is 32.0. The van der Waals surface area contributed by atoms with Crippen LogP contribution in [0.15, 0.2) is 113 Å². The van der Waals surface area contributed by atoms with Gasteiger partial charge in [-0.15, -0.1) is 5.10 Å². The minimum absolute atomic E-state index is 0.215. The fraction of sp³-hybridized carbons (Fsp3) is 0.171. The van der Waals surface area contributed by atoms with Gasteiger partial charge in [-0.25, -0.2) is 4.68 Å². The lowest BCUT2D eigenvalue weighted by Crippen LogP contribution is -2.31. The van der Waals surface area contributed by atoms with Gasteiger partial charge in [-0.1, -0.05) is 95.6 Å². The Labute approximate surface area is 281 Å². The number of rotatable bonds is 11. The summed E-state index contributed by atoms with van der Waals surface area (Å²) in [6, 6.07) is 29.9. The molecule has 4 aromatic carbocycles. The second kappa shape index (κ2) is 14.3. The second-order valence-corrected chi connectivity index (χ2v) is 12.2. The summed E-state index contributed by atoms with van der Waals surface area (Å²) in [4.78, 5) is 18.8. The molecule has 5 aromatic rings. The van der Waals surface area contributed by atoms with Crippen molar-refractivity contribution in [2.45, 2.75) is 37.4 Å². The monoisotopic (exact) mass is 671 g/mol. The molecule has 8 nitrogen and oxygen atoms in total. The van der Waals surface area contributed by atoms with Crippen molar-refractivity contribution in [3.63, 3.8) is 0 Å². The summed E-state index contributed by atoms with van der Waals surface area (Å²) in [5, 5.41) is 12.9. The molecule has 0 saturated heterocycles. The van der Waals surface area contributed by atoms with Gasteiger partial charge in [-0.2, -0.15) is 4.98 Å². The summed E-state index contributed by atoms with van der Waals surface area (Å²) in [5.41, 5.74) is 4.47. The van der Waals surface area contributed by atoms with Crippen LogP contribution in [0, 0.1) is 0 Å². The lowest BCUT2D eigenvalue weighted by molar-refractivity contribution is -0.113. The minimum atomic E-state index is -0.568. The molecule has 1 aliphatic rings. The summed E-state index contributed by atoms with van der Waals surface area (Å²) < 4.78 is 13.6. The summed E-state index contributed by atoms with van der Waals surface area (Å²) in [5.74, 6) is 2.21. The standard InChI is InChI=1S/C35H31Cl2N5O3S/c1-3-44-30-15-8-7-14-29(30)39-33(43)31-22(2)38-34-40-35(46-21-23-10-5-4-6-11-23)41-42(34)32(31)24-16-18-25(19-17-24)45-20-26-27(36)12-9-13-28(26)37/h4-19,32H,3,20-21H2,1-2H3,(H,39,43)(H,38,40,41). The van der Waals surface area contributed by atoms with Crippen molar-refractivity contribution in [3.05, 3.63) is 135 Å². The zero-order valence-electron chi connectivity index (χ0n) is 25.2. The Kier molecular flexibility index (Phi) is 9.82. The number of hydrogen-bond acceptors (Lipinski definition) is 7. The van der Waals surface area contributed by atoms with Crippen LogP contribution >= 0.6 is 35.0 Å². The van der Waals surface area contributed by atoms with Crippen LogP contribution < -0.4 is 20.1 Å². The average molecular weight is 673 g/mol. The number of nitrogens with zero attached hydrogens (tertiary/aromatic N) is 3. The summed E-state index contributed by atoms with van der Waals surface area (Å²) in [6.45, 7) is 4.46. The molecular weight excluding hydrogens is 641 g/mol. The number of fused-ring (bicyclic) bond motifs is 1. The number of ether oxygens (including phenoxy) is 2. The minimum Gasteiger partial charge on any atom is -0.492 e. The quantitative estimate of drug-likeness (QED) is 0.136. The molecule has 1 aromatic heterocycles. The van der Waals surface area contributed by atoms with Gasteiger partial charge in [0.1, 0.15) is 24.1 Å². The van der Waals surface area contributed by atoms with Gasteiger partial charge in [0.15, 0.2) is 0 Å². The molecule has 1 unspecified atom stereocenters. The third kappa shape index (κ3) is 7.02. The number of nitrogens with one attached hydrogen (secondary N) is 2. The molecule has 0 aliphatic carbocycles. The molecule has 0 spiro atoms. The largest absolute Gasteiger partial charge is 0.492 e.